The fraction of sp³-hybridized carbons (Fsp3) is 0.167. The highest BCUT2D eigenvalue weighted by Crippen LogP contribution is 2.34. The normalized spacial score (nSPS) is 17.8. The zero-order chi connectivity index (χ0) is 23.0. The molecule has 2 aromatic carbocycles. The molecule has 0 aliphatic carbocycles. The predicted molar refractivity (Wildman–Crippen MR) is 130 cm³/mol. The van der Waals surface area contributed by atoms with Crippen LogP contribution in [0.5, 0.6) is 0 Å². The first-order valence-corrected chi connectivity index (χ1v) is 12.5. The molecule has 7 nitrogen and oxygen atoms in total. The van der Waals surface area contributed by atoms with Gasteiger partial charge in [-0.2, -0.15) is 0 Å². The molecule has 9 heteroatoms. The summed E-state index contributed by atoms with van der Waals surface area (Å²) in [6.07, 6.45) is 6.74. The van der Waals surface area contributed by atoms with Crippen LogP contribution in [0.2, 0.25) is 5.02 Å². The molecule has 0 saturated carbocycles. The standard InChI is InChI=1S/C24H21ClN4O3S/c25-21-7-3-1-5-17(21)19(20-13-26-22-8-4-2-6-18(20)22)14-27-24(30)16-9-10-23-28-33(31,32)12-11-29(23)15-16/h1-10,13,15,19,26H,11-12,14H2,(H,27,30)/t19-/m0/s1. The lowest BCUT2D eigenvalue weighted by Crippen LogP contribution is -2.38. The number of rotatable bonds is 5. The van der Waals surface area contributed by atoms with Crippen LogP contribution in [0.3, 0.4) is 0 Å². The summed E-state index contributed by atoms with van der Waals surface area (Å²) in [6.45, 7) is 0.602. The van der Waals surface area contributed by atoms with E-state index >= 15 is 0 Å². The minimum Gasteiger partial charge on any atom is -0.361 e. The van der Waals surface area contributed by atoms with E-state index in [0.717, 1.165) is 22.0 Å². The van der Waals surface area contributed by atoms with Crippen LogP contribution < -0.4 is 5.32 Å². The highest BCUT2D eigenvalue weighted by Gasteiger charge is 2.26. The number of carbonyl (C=O) groups excluding carboxylic acids is 1. The molecule has 0 radical (unpaired) electrons. The number of sulfonamides is 1. The Labute approximate surface area is 196 Å². The van der Waals surface area contributed by atoms with Crippen molar-refractivity contribution in [2.75, 3.05) is 18.8 Å². The maximum absolute atomic E-state index is 13.0. The molecule has 1 aromatic heterocycles. The van der Waals surface area contributed by atoms with E-state index < -0.39 is 10.0 Å². The Morgan fingerprint density at radius 2 is 1.91 bits per heavy atom. The van der Waals surface area contributed by atoms with Crippen molar-refractivity contribution in [1.82, 2.24) is 15.2 Å². The van der Waals surface area contributed by atoms with Crippen LogP contribution in [0.25, 0.3) is 10.9 Å². The van der Waals surface area contributed by atoms with E-state index in [1.165, 1.54) is 0 Å². The van der Waals surface area contributed by atoms with Crippen LogP contribution in [0, 0.1) is 0 Å². The van der Waals surface area contributed by atoms with Crippen LogP contribution in [-0.2, 0) is 14.8 Å². The van der Waals surface area contributed by atoms with Crippen LogP contribution in [-0.4, -0.2) is 48.9 Å². The molecule has 0 spiro atoms. The number of H-pyrrole nitrogens is 1. The van der Waals surface area contributed by atoms with Gasteiger partial charge in [-0.3, -0.25) is 4.79 Å². The number of amides is 1. The number of nitrogens with one attached hydrogen (secondary N) is 2. The van der Waals surface area contributed by atoms with Gasteiger partial charge < -0.3 is 15.2 Å². The highest BCUT2D eigenvalue weighted by molar-refractivity contribution is 7.90. The lowest BCUT2D eigenvalue weighted by Gasteiger charge is -2.27. The van der Waals surface area contributed by atoms with E-state index in [2.05, 4.69) is 14.7 Å². The largest absolute Gasteiger partial charge is 0.361 e. The van der Waals surface area contributed by atoms with E-state index in [4.69, 9.17) is 11.6 Å². The van der Waals surface area contributed by atoms with Gasteiger partial charge in [0, 0.05) is 47.3 Å². The monoisotopic (exact) mass is 480 g/mol. The molecule has 0 unspecified atom stereocenters. The van der Waals surface area contributed by atoms with Gasteiger partial charge >= 0.3 is 0 Å². The molecule has 5 rings (SSSR count). The number of nitrogens with zero attached hydrogens (tertiary/aromatic N) is 2. The maximum atomic E-state index is 13.0. The number of carbonyl (C=O) groups is 1. The fourth-order valence-corrected chi connectivity index (χ4v) is 5.40. The summed E-state index contributed by atoms with van der Waals surface area (Å²) >= 11 is 6.54. The number of para-hydroxylation sites is 1. The summed E-state index contributed by atoms with van der Waals surface area (Å²) in [7, 11) is -3.44. The number of fused-ring (bicyclic) bond motifs is 2. The molecule has 2 aliphatic rings. The minimum atomic E-state index is -3.44. The van der Waals surface area contributed by atoms with Crippen molar-refractivity contribution < 1.29 is 13.2 Å². The minimum absolute atomic E-state index is 0.0785. The molecule has 3 heterocycles. The molecule has 168 valence electrons. The molecule has 1 atom stereocenters. The molecule has 0 saturated heterocycles. The molecule has 2 N–H and O–H groups in total. The van der Waals surface area contributed by atoms with Gasteiger partial charge in [-0.1, -0.05) is 48.0 Å². The van der Waals surface area contributed by atoms with Crippen molar-refractivity contribution in [2.24, 2.45) is 4.40 Å². The van der Waals surface area contributed by atoms with Gasteiger partial charge in [0.15, 0.2) is 0 Å². The highest BCUT2D eigenvalue weighted by atomic mass is 35.5. The van der Waals surface area contributed by atoms with Crippen molar-refractivity contribution in [3.05, 3.63) is 94.8 Å². The summed E-state index contributed by atoms with van der Waals surface area (Å²) in [6, 6.07) is 15.6. The van der Waals surface area contributed by atoms with E-state index in [9.17, 15) is 13.2 Å². The zero-order valence-electron chi connectivity index (χ0n) is 17.5. The van der Waals surface area contributed by atoms with Crippen LogP contribution in [0.15, 0.2) is 83.1 Å². The summed E-state index contributed by atoms with van der Waals surface area (Å²) in [4.78, 5) is 18.0. The van der Waals surface area contributed by atoms with Crippen molar-refractivity contribution >= 4 is 44.3 Å². The van der Waals surface area contributed by atoms with Gasteiger partial charge in [0.05, 0.1) is 11.3 Å². The Balaban J connectivity index is 1.41. The predicted octanol–water partition coefficient (Wildman–Crippen LogP) is 3.57. The van der Waals surface area contributed by atoms with Crippen molar-refractivity contribution in [3.8, 4) is 0 Å². The summed E-state index contributed by atoms with van der Waals surface area (Å²) in [5, 5.41) is 4.73. The Morgan fingerprint density at radius 3 is 2.76 bits per heavy atom. The summed E-state index contributed by atoms with van der Waals surface area (Å²) < 4.78 is 27.2. The van der Waals surface area contributed by atoms with Crippen LogP contribution in [0.4, 0.5) is 0 Å². The lowest BCUT2D eigenvalue weighted by atomic mass is 9.90. The van der Waals surface area contributed by atoms with E-state index in [0.29, 0.717) is 23.0 Å². The van der Waals surface area contributed by atoms with Gasteiger partial charge in [-0.05, 0) is 35.4 Å². The van der Waals surface area contributed by atoms with E-state index in [1.807, 2.05) is 54.7 Å². The van der Waals surface area contributed by atoms with Gasteiger partial charge in [0.25, 0.3) is 15.9 Å². The molecule has 0 fully saturated rings. The second kappa shape index (κ2) is 8.53. The topological polar surface area (TPSA) is 94.6 Å². The van der Waals surface area contributed by atoms with Crippen LogP contribution in [0.1, 0.15) is 17.0 Å². The quantitative estimate of drug-likeness (QED) is 0.583. The first-order chi connectivity index (χ1) is 15.9. The lowest BCUT2D eigenvalue weighted by molar-refractivity contribution is -0.117. The number of halogens is 1. The average Bonchev–Trinajstić information content (AvgIpc) is 3.23. The van der Waals surface area contributed by atoms with Gasteiger partial charge in [0.1, 0.15) is 5.84 Å². The number of hydrogen-bond acceptors (Lipinski definition) is 4. The Hall–Kier alpha value is -3.36. The number of aromatic nitrogens is 1. The third kappa shape index (κ3) is 4.31. The summed E-state index contributed by atoms with van der Waals surface area (Å²) in [5.41, 5.74) is 3.42. The fourth-order valence-electron chi connectivity index (χ4n) is 4.16. The zero-order valence-corrected chi connectivity index (χ0v) is 19.1. The number of hydrogen-bond donors (Lipinski definition) is 2. The van der Waals surface area contributed by atoms with Crippen molar-refractivity contribution in [2.45, 2.75) is 5.92 Å². The molecular weight excluding hydrogens is 460 g/mol. The number of amidine groups is 1. The third-order valence-electron chi connectivity index (χ3n) is 5.83. The first-order valence-electron chi connectivity index (χ1n) is 10.5. The number of benzene rings is 2. The average molecular weight is 481 g/mol. The summed E-state index contributed by atoms with van der Waals surface area (Å²) in [5.74, 6) is -0.171. The number of aromatic amines is 1. The van der Waals surface area contributed by atoms with Crippen molar-refractivity contribution in [1.29, 1.82) is 0 Å². The smallest absolute Gasteiger partial charge is 0.256 e. The SMILES string of the molecule is O=C(NC[C@@H](c1ccccc1Cl)c1c[nH]c2ccccc12)C1=CN2CCS(=O)(=O)N=C2C=C1. The van der Waals surface area contributed by atoms with E-state index in [1.54, 1.807) is 23.3 Å². The van der Waals surface area contributed by atoms with E-state index in [-0.39, 0.29) is 24.1 Å². The van der Waals surface area contributed by atoms with Gasteiger partial charge in [0.2, 0.25) is 0 Å². The van der Waals surface area contributed by atoms with Gasteiger partial charge in [-0.15, -0.1) is 4.40 Å². The molecule has 1 amide bonds. The molecule has 2 aliphatic heterocycles. The molecule has 33 heavy (non-hydrogen) atoms. The second-order valence-electron chi connectivity index (χ2n) is 7.92. The molecular formula is C24H21ClN4O3S. The maximum Gasteiger partial charge on any atom is 0.256 e. The third-order valence-corrected chi connectivity index (χ3v) is 7.34. The Kier molecular flexibility index (Phi) is 5.55. The second-order valence-corrected chi connectivity index (χ2v) is 10.1. The Morgan fingerprint density at radius 1 is 1.12 bits per heavy atom. The Bertz CT molecular complexity index is 1440. The van der Waals surface area contributed by atoms with Gasteiger partial charge in [-0.25, -0.2) is 8.42 Å². The van der Waals surface area contributed by atoms with Crippen molar-refractivity contribution in [3.63, 3.8) is 0 Å². The van der Waals surface area contributed by atoms with Crippen LogP contribution >= 0.6 is 11.6 Å². The first kappa shape index (κ1) is 21.5. The molecule has 0 bridgehead atoms. The molecule has 3 aromatic rings.